The first-order valence-corrected chi connectivity index (χ1v) is 6.31. The highest BCUT2D eigenvalue weighted by Crippen LogP contribution is 2.03. The average Bonchev–Trinajstić information content (AvgIpc) is 2.01. The van der Waals surface area contributed by atoms with Crippen molar-refractivity contribution in [2.75, 3.05) is 13.1 Å². The summed E-state index contributed by atoms with van der Waals surface area (Å²) < 4.78 is 8.55. The Kier molecular flexibility index (Phi) is 51.5. The fourth-order valence-electron chi connectivity index (χ4n) is 0.729. The van der Waals surface area contributed by atoms with Gasteiger partial charge in [0.1, 0.15) is 0 Å². The largest absolute Gasteiger partial charge is 0.822 e. The number of rotatable bonds is 6. The molecule has 0 unspecified atom stereocenters. The standard InChI is InChI=1S/C8H19N.3H3N.H3O4P.H2O/c1-3-5-7-9-8-6-4-2;;;;1-5(2,3)4;/h9H,3-8H2,1-2H3;3*1H3;(H3,1,2,3,4);1H2. The fourth-order valence-corrected chi connectivity index (χ4v) is 0.729. The molecule has 0 amide bonds. The molecule has 0 aromatic heterocycles. The lowest BCUT2D eigenvalue weighted by Crippen LogP contribution is -2.24. The van der Waals surface area contributed by atoms with Crippen LogP contribution >= 0.6 is 7.82 Å². The lowest BCUT2D eigenvalue weighted by Gasteiger charge is -2.36. The Morgan fingerprint density at radius 3 is 1.28 bits per heavy atom. The lowest BCUT2D eigenvalue weighted by atomic mass is 10.3. The van der Waals surface area contributed by atoms with Gasteiger partial charge in [0.15, 0.2) is 0 Å². The first kappa shape index (κ1) is 36.1. The van der Waals surface area contributed by atoms with E-state index < -0.39 is 7.82 Å². The zero-order valence-corrected chi connectivity index (χ0v) is 13.2. The van der Waals surface area contributed by atoms with E-state index in [1.54, 1.807) is 0 Å². The van der Waals surface area contributed by atoms with E-state index in [9.17, 15) is 0 Å². The van der Waals surface area contributed by atoms with Crippen LogP contribution in [0, 0.1) is 0 Å². The number of nitrogens with one attached hydrogen (secondary N) is 1. The van der Waals surface area contributed by atoms with E-state index in [-0.39, 0.29) is 23.9 Å². The van der Waals surface area contributed by atoms with Crippen LogP contribution in [0.15, 0.2) is 0 Å². The van der Waals surface area contributed by atoms with Gasteiger partial charge in [-0.05, 0) is 25.9 Å². The van der Waals surface area contributed by atoms with Crippen LogP contribution in [0.25, 0.3) is 0 Å². The van der Waals surface area contributed by atoms with Gasteiger partial charge in [0.05, 0.1) is 0 Å². The normalized spacial score (nSPS) is 8.28. The number of quaternary nitrogens is 3. The summed E-state index contributed by atoms with van der Waals surface area (Å²) in [6.07, 6.45) is 5.26. The van der Waals surface area contributed by atoms with Crippen LogP contribution in [0.5, 0.6) is 0 Å². The van der Waals surface area contributed by atoms with Gasteiger partial charge in [0, 0.05) is 0 Å². The Labute approximate surface area is 110 Å². The summed E-state index contributed by atoms with van der Waals surface area (Å²) in [5, 5.41) is 3.39. The van der Waals surface area contributed by atoms with Gasteiger partial charge in [-0.2, -0.15) is 7.82 Å². The maximum absolute atomic E-state index is 8.55. The van der Waals surface area contributed by atoms with E-state index in [4.69, 9.17) is 19.2 Å². The molecule has 0 aliphatic rings. The fraction of sp³-hybridized carbons (Fsp3) is 1.00. The number of unbranched alkanes of at least 4 members (excludes halogenated alkanes) is 2. The molecule has 0 saturated heterocycles. The monoisotopic (exact) mass is 296 g/mol. The van der Waals surface area contributed by atoms with E-state index in [1.807, 2.05) is 0 Å². The molecule has 10 heteroatoms. The maximum Gasteiger partial charge on any atom is -0.00490 e. The van der Waals surface area contributed by atoms with Crippen molar-refractivity contribution in [2.45, 2.75) is 39.5 Å². The third kappa shape index (κ3) is 101. The van der Waals surface area contributed by atoms with E-state index in [2.05, 4.69) is 19.2 Å². The minimum Gasteiger partial charge on any atom is -0.822 e. The van der Waals surface area contributed by atoms with Crippen molar-refractivity contribution in [2.24, 2.45) is 0 Å². The highest BCUT2D eigenvalue weighted by atomic mass is 31.2. The van der Waals surface area contributed by atoms with Crippen LogP contribution in [0.3, 0.4) is 0 Å². The van der Waals surface area contributed by atoms with Crippen molar-refractivity contribution in [1.29, 1.82) is 0 Å². The van der Waals surface area contributed by atoms with Crippen LogP contribution in [0.4, 0.5) is 0 Å². The molecule has 0 aromatic carbocycles. The van der Waals surface area contributed by atoms with Gasteiger partial charge in [0.25, 0.3) is 0 Å². The molecule has 18 heavy (non-hydrogen) atoms. The Morgan fingerprint density at radius 2 is 1.11 bits per heavy atom. The highest BCUT2D eigenvalue weighted by Gasteiger charge is 1.83. The molecule has 0 spiro atoms. The first-order chi connectivity index (χ1) is 6.41. The lowest BCUT2D eigenvalue weighted by molar-refractivity contribution is -0.432. The Bertz CT molecular complexity index is 144. The molecule has 0 fully saturated rings. The maximum atomic E-state index is 8.55. The van der Waals surface area contributed by atoms with Gasteiger partial charge < -0.3 is 48.5 Å². The van der Waals surface area contributed by atoms with E-state index >= 15 is 0 Å². The zero-order chi connectivity index (χ0) is 11.4. The molecule has 0 bridgehead atoms. The van der Waals surface area contributed by atoms with Crippen LogP contribution in [-0.2, 0) is 4.57 Å². The van der Waals surface area contributed by atoms with Crippen LogP contribution in [0.2, 0.25) is 0 Å². The molecule has 0 aliphatic heterocycles. The molecule has 15 N–H and O–H groups in total. The molecule has 0 aromatic rings. The molecule has 0 radical (unpaired) electrons. The smallest absolute Gasteiger partial charge is 0.00490 e. The van der Waals surface area contributed by atoms with Crippen molar-refractivity contribution in [3.63, 3.8) is 0 Å². The molecule has 0 rings (SSSR count). The van der Waals surface area contributed by atoms with Crippen LogP contribution in [0.1, 0.15) is 39.5 Å². The second kappa shape index (κ2) is 25.7. The summed E-state index contributed by atoms with van der Waals surface area (Å²) in [7, 11) is -5.39. The molecule has 0 saturated carbocycles. The molecular weight excluding hydrogens is 263 g/mol. The second-order valence-corrected chi connectivity index (χ2v) is 3.80. The van der Waals surface area contributed by atoms with E-state index in [0.717, 1.165) is 0 Å². The molecule has 9 nitrogen and oxygen atoms in total. The number of phosphoric acid groups is 1. The van der Waals surface area contributed by atoms with E-state index in [1.165, 1.54) is 38.8 Å². The Hall–Kier alpha value is -0.0900. The summed E-state index contributed by atoms with van der Waals surface area (Å²) in [6.45, 7) is 6.86. The topological polar surface area (TPSA) is 239 Å². The summed E-state index contributed by atoms with van der Waals surface area (Å²) >= 11 is 0. The van der Waals surface area contributed by atoms with E-state index in [0.29, 0.717) is 0 Å². The second-order valence-electron chi connectivity index (χ2n) is 2.90. The van der Waals surface area contributed by atoms with Crippen molar-refractivity contribution in [3.8, 4) is 0 Å². The minimum atomic E-state index is -5.39. The average molecular weight is 296 g/mol. The van der Waals surface area contributed by atoms with Crippen molar-refractivity contribution in [3.05, 3.63) is 0 Å². The Morgan fingerprint density at radius 1 is 0.889 bits per heavy atom. The van der Waals surface area contributed by atoms with Crippen molar-refractivity contribution in [1.82, 2.24) is 23.8 Å². The highest BCUT2D eigenvalue weighted by molar-refractivity contribution is 7.40. The van der Waals surface area contributed by atoms with Gasteiger partial charge in [0.2, 0.25) is 0 Å². The predicted octanol–water partition coefficient (Wildman–Crippen LogP) is -0.344. The molecule has 0 heterocycles. The molecule has 0 atom stereocenters. The third-order valence-electron chi connectivity index (χ3n) is 1.41. The van der Waals surface area contributed by atoms with Crippen LogP contribution in [-0.4, -0.2) is 18.6 Å². The summed E-state index contributed by atoms with van der Waals surface area (Å²) in [5.74, 6) is 0. The van der Waals surface area contributed by atoms with Gasteiger partial charge >= 0.3 is 0 Å². The zero-order valence-electron chi connectivity index (χ0n) is 12.3. The number of hydrogen-bond acceptors (Lipinski definition) is 5. The molecular formula is C8H33N4O5P. The third-order valence-corrected chi connectivity index (χ3v) is 1.41. The summed E-state index contributed by atoms with van der Waals surface area (Å²) in [4.78, 5) is 25.6. The quantitative estimate of drug-likeness (QED) is 0.378. The van der Waals surface area contributed by atoms with Gasteiger partial charge in [-0.25, -0.2) is 0 Å². The van der Waals surface area contributed by atoms with Crippen LogP contribution < -0.4 is 38.4 Å². The molecule has 120 valence electrons. The van der Waals surface area contributed by atoms with Crippen molar-refractivity contribution < 1.29 is 24.7 Å². The Balaban J connectivity index is -0.0000000359. The van der Waals surface area contributed by atoms with Crippen molar-refractivity contribution >= 4 is 7.82 Å². The predicted molar refractivity (Wildman–Crippen MR) is 71.9 cm³/mol. The molecule has 0 aliphatic carbocycles. The minimum absolute atomic E-state index is 0. The summed E-state index contributed by atoms with van der Waals surface area (Å²) in [5.41, 5.74) is 0. The first-order valence-electron chi connectivity index (χ1n) is 4.85. The SMILES string of the molecule is CCCCNCCCC.O.O=P([O-])([O-])[O-].[NH4+].[NH4+].[NH4+]. The number of hydrogen-bond donors (Lipinski definition) is 4. The van der Waals surface area contributed by atoms with Gasteiger partial charge in [-0.3, -0.25) is 0 Å². The summed E-state index contributed by atoms with van der Waals surface area (Å²) in [6, 6.07) is 0. The van der Waals surface area contributed by atoms with Gasteiger partial charge in [-0.1, -0.05) is 26.7 Å². The van der Waals surface area contributed by atoms with Gasteiger partial charge in [-0.15, -0.1) is 0 Å².